The van der Waals surface area contributed by atoms with E-state index in [1.54, 1.807) is 35.5 Å². The molecule has 0 atom stereocenters. The average Bonchev–Trinajstić information content (AvgIpc) is 3.14. The van der Waals surface area contributed by atoms with Gasteiger partial charge in [0.05, 0.1) is 20.2 Å². The summed E-state index contributed by atoms with van der Waals surface area (Å²) in [5.74, 6) is 0.448. The second-order valence-electron chi connectivity index (χ2n) is 5.76. The number of methoxy groups -OCH3 is 1. The van der Waals surface area contributed by atoms with Crippen LogP contribution in [0.4, 0.5) is 5.69 Å². The molecule has 0 fully saturated rings. The predicted molar refractivity (Wildman–Crippen MR) is 105 cm³/mol. The van der Waals surface area contributed by atoms with E-state index in [-0.39, 0.29) is 24.9 Å². The molecule has 2 N–H and O–H groups in total. The lowest BCUT2D eigenvalue weighted by Crippen LogP contribution is -2.41. The van der Waals surface area contributed by atoms with Gasteiger partial charge in [-0.3, -0.25) is 14.5 Å². The second-order valence-corrected chi connectivity index (χ2v) is 6.79. The van der Waals surface area contributed by atoms with E-state index in [0.29, 0.717) is 24.5 Å². The van der Waals surface area contributed by atoms with Crippen LogP contribution in [-0.2, 0) is 16.0 Å². The highest BCUT2D eigenvalue weighted by atomic mass is 32.1. The molecule has 1 aromatic heterocycles. The Labute approximate surface area is 158 Å². The van der Waals surface area contributed by atoms with E-state index in [4.69, 9.17) is 4.74 Å². The smallest absolute Gasteiger partial charge is 0.238 e. The maximum Gasteiger partial charge on any atom is 0.238 e. The summed E-state index contributed by atoms with van der Waals surface area (Å²) in [6, 6.07) is 11.2. The van der Waals surface area contributed by atoms with Gasteiger partial charge >= 0.3 is 0 Å². The second kappa shape index (κ2) is 10.6. The van der Waals surface area contributed by atoms with Crippen LogP contribution in [0.15, 0.2) is 41.8 Å². The minimum atomic E-state index is -0.161. The highest BCUT2D eigenvalue weighted by molar-refractivity contribution is 7.09. The Balaban J connectivity index is 1.74. The van der Waals surface area contributed by atoms with Gasteiger partial charge in [0.15, 0.2) is 0 Å². The highest BCUT2D eigenvalue weighted by Crippen LogP contribution is 2.16. The number of ether oxygens (including phenoxy) is 1. The maximum absolute atomic E-state index is 12.2. The molecule has 0 aliphatic rings. The topological polar surface area (TPSA) is 70.7 Å². The predicted octanol–water partition coefficient (Wildman–Crippen LogP) is 2.38. The zero-order chi connectivity index (χ0) is 18.8. The number of hydrogen-bond donors (Lipinski definition) is 2. The zero-order valence-corrected chi connectivity index (χ0v) is 16.0. The molecular weight excluding hydrogens is 350 g/mol. The molecule has 0 saturated carbocycles. The molecule has 0 bridgehead atoms. The van der Waals surface area contributed by atoms with E-state index in [2.05, 4.69) is 16.7 Å². The SMILES string of the molecule is CCN(CC(=O)NCCc1cccs1)CC(=O)Nc1cccc(OC)c1. The zero-order valence-electron chi connectivity index (χ0n) is 15.2. The molecule has 2 amide bonds. The van der Waals surface area contributed by atoms with E-state index < -0.39 is 0 Å². The Morgan fingerprint density at radius 1 is 1.15 bits per heavy atom. The molecule has 0 spiro atoms. The van der Waals surface area contributed by atoms with Crippen LogP contribution in [0, 0.1) is 0 Å². The number of nitrogens with zero attached hydrogens (tertiary/aromatic N) is 1. The van der Waals surface area contributed by atoms with Crippen LogP contribution < -0.4 is 15.4 Å². The number of amides is 2. The van der Waals surface area contributed by atoms with Crippen LogP contribution in [0.3, 0.4) is 0 Å². The van der Waals surface area contributed by atoms with Gasteiger partial charge in [0, 0.05) is 23.2 Å². The average molecular weight is 375 g/mol. The van der Waals surface area contributed by atoms with Crippen LogP contribution in [0.1, 0.15) is 11.8 Å². The van der Waals surface area contributed by atoms with Gasteiger partial charge in [-0.25, -0.2) is 0 Å². The minimum absolute atomic E-state index is 0.0717. The number of likely N-dealkylation sites (N-methyl/N-ethyl adjacent to an activating group) is 1. The molecule has 2 rings (SSSR count). The molecule has 1 aromatic carbocycles. The van der Waals surface area contributed by atoms with Crippen molar-refractivity contribution in [2.45, 2.75) is 13.3 Å². The van der Waals surface area contributed by atoms with Gasteiger partial charge in [-0.05, 0) is 36.5 Å². The van der Waals surface area contributed by atoms with Crippen molar-refractivity contribution >= 4 is 28.8 Å². The molecule has 1 heterocycles. The summed E-state index contributed by atoms with van der Waals surface area (Å²) in [6.07, 6.45) is 0.825. The molecule has 140 valence electrons. The minimum Gasteiger partial charge on any atom is -0.497 e. The maximum atomic E-state index is 12.2. The monoisotopic (exact) mass is 375 g/mol. The Kier molecular flexibility index (Phi) is 8.11. The van der Waals surface area contributed by atoms with Crippen molar-refractivity contribution < 1.29 is 14.3 Å². The van der Waals surface area contributed by atoms with Gasteiger partial charge in [-0.15, -0.1) is 11.3 Å². The lowest BCUT2D eigenvalue weighted by Gasteiger charge is -2.19. The Morgan fingerprint density at radius 3 is 2.65 bits per heavy atom. The molecule has 2 aromatic rings. The highest BCUT2D eigenvalue weighted by Gasteiger charge is 2.13. The van der Waals surface area contributed by atoms with Crippen LogP contribution in [0.2, 0.25) is 0 Å². The normalized spacial score (nSPS) is 10.6. The van der Waals surface area contributed by atoms with Gasteiger partial charge < -0.3 is 15.4 Å². The molecule has 0 aliphatic heterocycles. The number of carbonyl (C=O) groups is 2. The first kappa shape index (κ1) is 19.9. The third kappa shape index (κ3) is 6.85. The van der Waals surface area contributed by atoms with E-state index in [9.17, 15) is 9.59 Å². The third-order valence-corrected chi connectivity index (χ3v) is 4.74. The first-order chi connectivity index (χ1) is 12.6. The number of thiophene rings is 1. The fourth-order valence-electron chi connectivity index (χ4n) is 2.42. The van der Waals surface area contributed by atoms with Crippen molar-refractivity contribution in [2.75, 3.05) is 38.6 Å². The van der Waals surface area contributed by atoms with Gasteiger partial charge in [-0.2, -0.15) is 0 Å². The van der Waals surface area contributed by atoms with Crippen molar-refractivity contribution in [3.8, 4) is 5.75 Å². The molecule has 0 aliphatic carbocycles. The van der Waals surface area contributed by atoms with E-state index >= 15 is 0 Å². The fourth-order valence-corrected chi connectivity index (χ4v) is 3.13. The van der Waals surface area contributed by atoms with Gasteiger partial charge in [0.2, 0.25) is 11.8 Å². The summed E-state index contributed by atoms with van der Waals surface area (Å²) in [4.78, 5) is 27.3. The molecule has 0 unspecified atom stereocenters. The summed E-state index contributed by atoms with van der Waals surface area (Å²) in [6.45, 7) is 3.51. The summed E-state index contributed by atoms with van der Waals surface area (Å²) >= 11 is 1.68. The van der Waals surface area contributed by atoms with Crippen molar-refractivity contribution in [1.29, 1.82) is 0 Å². The number of rotatable bonds is 10. The first-order valence-corrected chi connectivity index (χ1v) is 9.44. The number of hydrogen-bond acceptors (Lipinski definition) is 5. The molecule has 0 saturated heterocycles. The van der Waals surface area contributed by atoms with Crippen LogP contribution in [0.5, 0.6) is 5.75 Å². The summed E-state index contributed by atoms with van der Waals surface area (Å²) < 4.78 is 5.14. The molecule has 6 nitrogen and oxygen atoms in total. The number of carbonyl (C=O) groups excluding carboxylic acids is 2. The van der Waals surface area contributed by atoms with E-state index in [1.165, 1.54) is 4.88 Å². The van der Waals surface area contributed by atoms with Crippen molar-refractivity contribution in [3.63, 3.8) is 0 Å². The Hall–Kier alpha value is -2.38. The standard InChI is InChI=1S/C19H25N3O3S/c1-3-22(13-18(23)20-10-9-17-8-5-11-26-17)14-19(24)21-15-6-4-7-16(12-15)25-2/h4-8,11-12H,3,9-10,13-14H2,1-2H3,(H,20,23)(H,21,24). The van der Waals surface area contributed by atoms with Gasteiger partial charge in [0.25, 0.3) is 0 Å². The first-order valence-electron chi connectivity index (χ1n) is 8.56. The van der Waals surface area contributed by atoms with Crippen molar-refractivity contribution in [2.24, 2.45) is 0 Å². The summed E-state index contributed by atoms with van der Waals surface area (Å²) in [5, 5.41) is 7.75. The molecule has 26 heavy (non-hydrogen) atoms. The molecule has 0 radical (unpaired) electrons. The largest absolute Gasteiger partial charge is 0.497 e. The van der Waals surface area contributed by atoms with Crippen LogP contribution >= 0.6 is 11.3 Å². The molecular formula is C19H25N3O3S. The van der Waals surface area contributed by atoms with E-state index in [0.717, 1.165) is 6.42 Å². The van der Waals surface area contributed by atoms with Crippen LogP contribution in [0.25, 0.3) is 0 Å². The fraction of sp³-hybridized carbons (Fsp3) is 0.368. The summed E-state index contributed by atoms with van der Waals surface area (Å²) in [7, 11) is 1.58. The Bertz CT molecular complexity index is 704. The van der Waals surface area contributed by atoms with Crippen molar-refractivity contribution in [3.05, 3.63) is 46.7 Å². The van der Waals surface area contributed by atoms with E-state index in [1.807, 2.05) is 30.5 Å². The summed E-state index contributed by atoms with van der Waals surface area (Å²) in [5.41, 5.74) is 0.672. The number of benzene rings is 1. The quantitative estimate of drug-likeness (QED) is 0.669. The lowest BCUT2D eigenvalue weighted by atomic mass is 10.3. The third-order valence-electron chi connectivity index (χ3n) is 3.81. The number of nitrogens with one attached hydrogen (secondary N) is 2. The molecule has 7 heteroatoms. The lowest BCUT2D eigenvalue weighted by molar-refractivity contribution is -0.123. The van der Waals surface area contributed by atoms with Gasteiger partial charge in [-0.1, -0.05) is 19.1 Å². The Morgan fingerprint density at radius 2 is 1.96 bits per heavy atom. The number of anilines is 1. The van der Waals surface area contributed by atoms with Crippen molar-refractivity contribution in [1.82, 2.24) is 10.2 Å². The van der Waals surface area contributed by atoms with Gasteiger partial charge in [0.1, 0.15) is 5.75 Å². The van der Waals surface area contributed by atoms with Crippen LogP contribution in [-0.4, -0.2) is 50.0 Å².